The quantitative estimate of drug-likeness (QED) is 0.583. The fourth-order valence-electron chi connectivity index (χ4n) is 1.42. The van der Waals surface area contributed by atoms with E-state index in [4.69, 9.17) is 11.6 Å². The predicted octanol–water partition coefficient (Wildman–Crippen LogP) is 4.80. The van der Waals surface area contributed by atoms with Crippen molar-refractivity contribution in [2.75, 3.05) is 18.1 Å². The normalized spacial score (nSPS) is 10.5. The van der Waals surface area contributed by atoms with E-state index in [2.05, 4.69) is 12.2 Å². The highest BCUT2D eigenvalue weighted by Crippen LogP contribution is 2.30. The Labute approximate surface area is 106 Å². The molecule has 0 unspecified atom stereocenters. The smallest absolute Gasteiger partial charge is 0.138 e. The molecule has 0 heterocycles. The lowest BCUT2D eigenvalue weighted by Crippen LogP contribution is -2.02. The SMILES string of the molecule is CCCCCNc1cc(F)c(SC)cc1Cl. The van der Waals surface area contributed by atoms with Crippen LogP contribution in [0.25, 0.3) is 0 Å². The van der Waals surface area contributed by atoms with Crippen LogP contribution in [0.2, 0.25) is 5.02 Å². The minimum absolute atomic E-state index is 0.213. The van der Waals surface area contributed by atoms with Crippen LogP contribution in [0.5, 0.6) is 0 Å². The number of rotatable bonds is 6. The second kappa shape index (κ2) is 7.02. The average molecular weight is 262 g/mol. The molecule has 1 nitrogen and oxygen atoms in total. The minimum Gasteiger partial charge on any atom is -0.384 e. The maximum absolute atomic E-state index is 13.5. The maximum Gasteiger partial charge on any atom is 0.138 e. The van der Waals surface area contributed by atoms with Gasteiger partial charge in [-0.05, 0) is 24.8 Å². The first-order valence-corrected chi connectivity index (χ1v) is 7.06. The molecular formula is C12H17ClFNS. The van der Waals surface area contributed by atoms with Crippen LogP contribution in [0.15, 0.2) is 17.0 Å². The summed E-state index contributed by atoms with van der Waals surface area (Å²) in [5.74, 6) is -0.213. The fourth-order valence-corrected chi connectivity index (χ4v) is 2.20. The second-order valence-corrected chi connectivity index (χ2v) is 4.86. The Hall–Kier alpha value is -0.410. The van der Waals surface area contributed by atoms with Gasteiger partial charge in [-0.2, -0.15) is 0 Å². The van der Waals surface area contributed by atoms with Gasteiger partial charge >= 0.3 is 0 Å². The van der Waals surface area contributed by atoms with Crippen LogP contribution >= 0.6 is 23.4 Å². The number of anilines is 1. The molecule has 16 heavy (non-hydrogen) atoms. The summed E-state index contributed by atoms with van der Waals surface area (Å²) >= 11 is 7.41. The fraction of sp³-hybridized carbons (Fsp3) is 0.500. The highest BCUT2D eigenvalue weighted by atomic mass is 35.5. The lowest BCUT2D eigenvalue weighted by molar-refractivity contribution is 0.602. The van der Waals surface area contributed by atoms with Crippen LogP contribution in [0.1, 0.15) is 26.2 Å². The third-order valence-corrected chi connectivity index (χ3v) is 3.40. The Balaban J connectivity index is 2.63. The van der Waals surface area contributed by atoms with Crippen molar-refractivity contribution in [2.45, 2.75) is 31.1 Å². The third kappa shape index (κ3) is 3.87. The largest absolute Gasteiger partial charge is 0.384 e. The first-order valence-electron chi connectivity index (χ1n) is 5.46. The van der Waals surface area contributed by atoms with Crippen molar-refractivity contribution < 1.29 is 4.39 Å². The van der Waals surface area contributed by atoms with E-state index in [0.29, 0.717) is 15.6 Å². The van der Waals surface area contributed by atoms with E-state index in [-0.39, 0.29) is 5.82 Å². The standard InChI is InChI=1S/C12H17ClFNS/c1-3-4-5-6-15-11-8-10(14)12(16-2)7-9(11)13/h7-8,15H,3-6H2,1-2H3. The van der Waals surface area contributed by atoms with Gasteiger partial charge in [0.05, 0.1) is 10.7 Å². The van der Waals surface area contributed by atoms with Gasteiger partial charge in [0.1, 0.15) is 5.82 Å². The van der Waals surface area contributed by atoms with Crippen LogP contribution in [0.3, 0.4) is 0 Å². The van der Waals surface area contributed by atoms with Crippen molar-refractivity contribution in [3.63, 3.8) is 0 Å². The topological polar surface area (TPSA) is 12.0 Å². The number of thioether (sulfide) groups is 1. The van der Waals surface area contributed by atoms with E-state index in [1.54, 1.807) is 6.07 Å². The number of hydrogen-bond donors (Lipinski definition) is 1. The van der Waals surface area contributed by atoms with Crippen LogP contribution in [0, 0.1) is 5.82 Å². The summed E-state index contributed by atoms with van der Waals surface area (Å²) in [6, 6.07) is 3.14. The Morgan fingerprint density at radius 2 is 2.12 bits per heavy atom. The number of unbranched alkanes of at least 4 members (excludes halogenated alkanes) is 2. The molecule has 0 aliphatic carbocycles. The third-order valence-electron chi connectivity index (χ3n) is 2.34. The van der Waals surface area contributed by atoms with Gasteiger partial charge in [0.15, 0.2) is 0 Å². The van der Waals surface area contributed by atoms with Crippen LogP contribution in [-0.2, 0) is 0 Å². The van der Waals surface area contributed by atoms with Gasteiger partial charge < -0.3 is 5.32 Å². The molecule has 1 N–H and O–H groups in total. The summed E-state index contributed by atoms with van der Waals surface area (Å²) in [6.07, 6.45) is 5.27. The highest BCUT2D eigenvalue weighted by Gasteiger charge is 2.07. The molecule has 0 aliphatic heterocycles. The monoisotopic (exact) mass is 261 g/mol. The first kappa shape index (κ1) is 13.7. The molecule has 0 bridgehead atoms. The average Bonchev–Trinajstić information content (AvgIpc) is 2.28. The molecule has 0 fully saturated rings. The van der Waals surface area contributed by atoms with Crippen molar-refractivity contribution in [3.8, 4) is 0 Å². The predicted molar refractivity (Wildman–Crippen MR) is 71.2 cm³/mol. The summed E-state index contributed by atoms with van der Waals surface area (Å²) < 4.78 is 13.5. The number of benzene rings is 1. The Kier molecular flexibility index (Phi) is 5.99. The zero-order valence-electron chi connectivity index (χ0n) is 9.65. The number of nitrogens with one attached hydrogen (secondary N) is 1. The van der Waals surface area contributed by atoms with Crippen molar-refractivity contribution in [1.82, 2.24) is 0 Å². The molecule has 4 heteroatoms. The molecule has 1 aromatic carbocycles. The molecular weight excluding hydrogens is 245 g/mol. The maximum atomic E-state index is 13.5. The number of hydrogen-bond acceptors (Lipinski definition) is 2. The van der Waals surface area contributed by atoms with Gasteiger partial charge in [0.2, 0.25) is 0 Å². The summed E-state index contributed by atoms with van der Waals surface area (Å²) in [7, 11) is 0. The van der Waals surface area contributed by atoms with Crippen molar-refractivity contribution >= 4 is 29.1 Å². The molecule has 90 valence electrons. The van der Waals surface area contributed by atoms with E-state index >= 15 is 0 Å². The second-order valence-electron chi connectivity index (χ2n) is 3.60. The lowest BCUT2D eigenvalue weighted by atomic mass is 10.2. The summed E-state index contributed by atoms with van der Waals surface area (Å²) in [5, 5.41) is 3.74. The van der Waals surface area contributed by atoms with Gasteiger partial charge in [-0.15, -0.1) is 11.8 Å². The molecule has 0 saturated carbocycles. The molecule has 0 aromatic heterocycles. The molecule has 0 aliphatic rings. The summed E-state index contributed by atoms with van der Waals surface area (Å²) in [5.41, 5.74) is 0.688. The van der Waals surface area contributed by atoms with Gasteiger partial charge in [0, 0.05) is 11.4 Å². The van der Waals surface area contributed by atoms with Gasteiger partial charge in [-0.1, -0.05) is 31.4 Å². The molecule has 1 rings (SSSR count). The van der Waals surface area contributed by atoms with E-state index in [1.807, 2.05) is 6.26 Å². The zero-order chi connectivity index (χ0) is 12.0. The van der Waals surface area contributed by atoms with Crippen LogP contribution in [0.4, 0.5) is 10.1 Å². The van der Waals surface area contributed by atoms with E-state index in [0.717, 1.165) is 13.0 Å². The number of halogens is 2. The van der Waals surface area contributed by atoms with E-state index in [9.17, 15) is 4.39 Å². The van der Waals surface area contributed by atoms with E-state index in [1.165, 1.54) is 30.7 Å². The Morgan fingerprint density at radius 1 is 1.38 bits per heavy atom. The molecule has 0 amide bonds. The molecule has 0 spiro atoms. The molecule has 0 atom stereocenters. The Bertz CT molecular complexity index is 344. The van der Waals surface area contributed by atoms with Crippen LogP contribution < -0.4 is 5.32 Å². The molecule has 0 radical (unpaired) electrons. The van der Waals surface area contributed by atoms with Gasteiger partial charge in [-0.25, -0.2) is 4.39 Å². The Morgan fingerprint density at radius 3 is 2.75 bits per heavy atom. The zero-order valence-corrected chi connectivity index (χ0v) is 11.2. The summed E-state index contributed by atoms with van der Waals surface area (Å²) in [4.78, 5) is 0.587. The highest BCUT2D eigenvalue weighted by molar-refractivity contribution is 7.98. The van der Waals surface area contributed by atoms with Crippen molar-refractivity contribution in [3.05, 3.63) is 23.0 Å². The molecule has 1 aromatic rings. The van der Waals surface area contributed by atoms with Crippen LogP contribution in [-0.4, -0.2) is 12.8 Å². The van der Waals surface area contributed by atoms with Gasteiger partial charge in [-0.3, -0.25) is 0 Å². The van der Waals surface area contributed by atoms with E-state index < -0.39 is 0 Å². The first-order chi connectivity index (χ1) is 7.69. The van der Waals surface area contributed by atoms with Gasteiger partial charge in [0.25, 0.3) is 0 Å². The minimum atomic E-state index is -0.213. The molecule has 0 saturated heterocycles. The van der Waals surface area contributed by atoms with Crippen molar-refractivity contribution in [1.29, 1.82) is 0 Å². The van der Waals surface area contributed by atoms with Crippen molar-refractivity contribution in [2.24, 2.45) is 0 Å². The summed E-state index contributed by atoms with van der Waals surface area (Å²) in [6.45, 7) is 2.99. The lowest BCUT2D eigenvalue weighted by Gasteiger charge is -2.10.